The highest BCUT2D eigenvalue weighted by Gasteiger charge is 2.33. The van der Waals surface area contributed by atoms with Crippen molar-refractivity contribution in [3.8, 4) is 0 Å². The molecule has 2 N–H and O–H groups in total. The van der Waals surface area contributed by atoms with E-state index in [1.54, 1.807) is 0 Å². The Balaban J connectivity index is 1.72. The molecule has 0 radical (unpaired) electrons. The van der Waals surface area contributed by atoms with Crippen molar-refractivity contribution in [2.24, 2.45) is 5.92 Å². The topological polar surface area (TPSA) is 88.5 Å². The Labute approximate surface area is 164 Å². The van der Waals surface area contributed by atoms with Crippen molar-refractivity contribution < 1.29 is 19.4 Å². The highest BCUT2D eigenvalue weighted by Crippen LogP contribution is 2.40. The van der Waals surface area contributed by atoms with E-state index < -0.39 is 12.0 Å². The summed E-state index contributed by atoms with van der Waals surface area (Å²) in [6, 6.07) is 4.92. The number of aromatic nitrogens is 1. The number of carbonyl (C=O) groups is 2. The molecule has 1 saturated heterocycles. The summed E-state index contributed by atoms with van der Waals surface area (Å²) in [5.41, 5.74) is 4.35. The minimum atomic E-state index is -1.02. The fourth-order valence-electron chi connectivity index (χ4n) is 4.11. The zero-order valence-electron chi connectivity index (χ0n) is 16.3. The molecule has 0 spiro atoms. The number of nitrogens with zero attached hydrogens (tertiary/aromatic N) is 1. The Kier molecular flexibility index (Phi) is 5.06. The van der Waals surface area contributed by atoms with Crippen molar-refractivity contribution in [1.29, 1.82) is 0 Å². The number of hydrogen-bond acceptors (Lipinski definition) is 4. The van der Waals surface area contributed by atoms with E-state index in [0.29, 0.717) is 24.7 Å². The average Bonchev–Trinajstić information content (AvgIpc) is 3.51. The number of aliphatic carboxylic acids is 1. The van der Waals surface area contributed by atoms with Gasteiger partial charge in [0.25, 0.3) is 5.91 Å². The molecule has 6 nitrogen and oxygen atoms in total. The van der Waals surface area contributed by atoms with Crippen LogP contribution in [0.25, 0.3) is 10.9 Å². The molecule has 1 aromatic heterocycles. The second-order valence-corrected chi connectivity index (χ2v) is 8.11. The monoisotopic (exact) mass is 382 g/mol. The van der Waals surface area contributed by atoms with Crippen LogP contribution in [-0.2, 0) is 9.53 Å². The van der Waals surface area contributed by atoms with E-state index in [4.69, 9.17) is 9.72 Å². The molecule has 4 rings (SSSR count). The van der Waals surface area contributed by atoms with Gasteiger partial charge in [-0.05, 0) is 57.2 Å². The number of fused-ring (bicyclic) bond motifs is 1. The minimum Gasteiger partial charge on any atom is -0.480 e. The van der Waals surface area contributed by atoms with E-state index >= 15 is 0 Å². The Hall–Kier alpha value is -2.47. The number of hydrogen-bond donors (Lipinski definition) is 2. The first-order valence-electron chi connectivity index (χ1n) is 9.97. The van der Waals surface area contributed by atoms with Crippen LogP contribution in [0.2, 0.25) is 0 Å². The van der Waals surface area contributed by atoms with Gasteiger partial charge in [0.15, 0.2) is 0 Å². The number of aryl methyl sites for hydroxylation is 2. The second kappa shape index (κ2) is 7.51. The zero-order valence-corrected chi connectivity index (χ0v) is 16.3. The number of rotatable bonds is 5. The number of carboxylic acid groups (broad SMARTS) is 1. The quantitative estimate of drug-likeness (QED) is 0.828. The van der Waals surface area contributed by atoms with Crippen LogP contribution in [0.15, 0.2) is 18.2 Å². The van der Waals surface area contributed by atoms with Crippen LogP contribution in [-0.4, -0.2) is 41.2 Å². The highest BCUT2D eigenvalue weighted by molar-refractivity contribution is 6.08. The van der Waals surface area contributed by atoms with Crippen molar-refractivity contribution in [3.63, 3.8) is 0 Å². The minimum absolute atomic E-state index is 0.213. The smallest absolute Gasteiger partial charge is 0.326 e. The highest BCUT2D eigenvalue weighted by atomic mass is 16.5. The maximum Gasteiger partial charge on any atom is 0.326 e. The van der Waals surface area contributed by atoms with Crippen molar-refractivity contribution >= 4 is 22.8 Å². The first kappa shape index (κ1) is 18.9. The summed E-state index contributed by atoms with van der Waals surface area (Å²) < 4.78 is 5.44. The van der Waals surface area contributed by atoms with Gasteiger partial charge in [0, 0.05) is 29.5 Å². The summed E-state index contributed by atoms with van der Waals surface area (Å²) >= 11 is 0. The predicted octanol–water partition coefficient (Wildman–Crippen LogP) is 3.34. The third-order valence-corrected chi connectivity index (χ3v) is 5.73. The van der Waals surface area contributed by atoms with Crippen LogP contribution in [0.3, 0.4) is 0 Å². The molecule has 1 saturated carbocycles. The predicted molar refractivity (Wildman–Crippen MR) is 106 cm³/mol. The number of carbonyl (C=O) groups excluding carboxylic acids is 1. The molecule has 2 atom stereocenters. The van der Waals surface area contributed by atoms with Gasteiger partial charge in [-0.25, -0.2) is 4.79 Å². The maximum absolute atomic E-state index is 13.2. The largest absolute Gasteiger partial charge is 0.480 e. The molecule has 1 aromatic carbocycles. The Morgan fingerprint density at radius 2 is 2.00 bits per heavy atom. The molecule has 2 heterocycles. The van der Waals surface area contributed by atoms with Crippen LogP contribution in [0.5, 0.6) is 0 Å². The summed E-state index contributed by atoms with van der Waals surface area (Å²) in [4.78, 5) is 29.8. The molecule has 2 unspecified atom stereocenters. The molecule has 0 bridgehead atoms. The number of nitrogens with one attached hydrogen (secondary N) is 1. The standard InChI is InChI=1S/C22H26N2O4/c1-12-8-13(2)19-16(9-12)17(10-18(23-19)14-5-6-14)21(25)24-20(22(26)27)15-4-3-7-28-11-15/h8-10,14-15,20H,3-7,11H2,1-2H3,(H,24,25)(H,26,27). The first-order chi connectivity index (χ1) is 13.4. The summed E-state index contributed by atoms with van der Waals surface area (Å²) in [7, 11) is 0. The molecule has 2 aliphatic rings. The second-order valence-electron chi connectivity index (χ2n) is 8.11. The number of amides is 1. The number of benzene rings is 1. The van der Waals surface area contributed by atoms with Crippen LogP contribution in [0.4, 0.5) is 0 Å². The lowest BCUT2D eigenvalue weighted by Gasteiger charge is -2.28. The normalized spacial score (nSPS) is 20.7. The summed E-state index contributed by atoms with van der Waals surface area (Å²) in [6.07, 6.45) is 3.72. The molecule has 2 aromatic rings. The SMILES string of the molecule is Cc1cc(C)c2nc(C3CC3)cc(C(=O)NC(C(=O)O)C3CCCOC3)c2c1. The van der Waals surface area contributed by atoms with Gasteiger partial charge in [0.1, 0.15) is 6.04 Å². The van der Waals surface area contributed by atoms with Crippen molar-refractivity contribution in [1.82, 2.24) is 10.3 Å². The summed E-state index contributed by atoms with van der Waals surface area (Å²) in [5, 5.41) is 13.2. The van der Waals surface area contributed by atoms with E-state index in [2.05, 4.69) is 11.4 Å². The van der Waals surface area contributed by atoms with E-state index in [1.807, 2.05) is 26.0 Å². The van der Waals surface area contributed by atoms with E-state index in [1.165, 1.54) is 0 Å². The van der Waals surface area contributed by atoms with Crippen molar-refractivity contribution in [3.05, 3.63) is 40.6 Å². The van der Waals surface area contributed by atoms with Gasteiger partial charge in [-0.15, -0.1) is 0 Å². The van der Waals surface area contributed by atoms with Crippen LogP contribution in [0, 0.1) is 19.8 Å². The fourth-order valence-corrected chi connectivity index (χ4v) is 4.11. The Morgan fingerprint density at radius 3 is 2.64 bits per heavy atom. The Bertz CT molecular complexity index is 930. The van der Waals surface area contributed by atoms with Gasteiger partial charge in [-0.1, -0.05) is 11.6 Å². The fraction of sp³-hybridized carbons (Fsp3) is 0.500. The molecular weight excluding hydrogens is 356 g/mol. The van der Waals surface area contributed by atoms with Crippen LogP contribution in [0.1, 0.15) is 58.8 Å². The lowest BCUT2D eigenvalue weighted by atomic mass is 9.93. The Morgan fingerprint density at radius 1 is 1.21 bits per heavy atom. The molecule has 1 aliphatic carbocycles. The summed E-state index contributed by atoms with van der Waals surface area (Å²) in [6.45, 7) is 5.00. The zero-order chi connectivity index (χ0) is 19.8. The van der Waals surface area contributed by atoms with Gasteiger partial charge >= 0.3 is 5.97 Å². The number of carboxylic acids is 1. The van der Waals surface area contributed by atoms with Crippen LogP contribution < -0.4 is 5.32 Å². The summed E-state index contributed by atoms with van der Waals surface area (Å²) in [5.74, 6) is -1.18. The van der Waals surface area contributed by atoms with E-state index in [-0.39, 0.29) is 11.8 Å². The lowest BCUT2D eigenvalue weighted by Crippen LogP contribution is -2.48. The number of ether oxygens (including phenoxy) is 1. The van der Waals surface area contributed by atoms with E-state index in [0.717, 1.165) is 53.4 Å². The molecule has 6 heteroatoms. The molecular formula is C22H26N2O4. The van der Waals surface area contributed by atoms with Crippen molar-refractivity contribution in [2.75, 3.05) is 13.2 Å². The molecule has 2 fully saturated rings. The number of pyridine rings is 1. The van der Waals surface area contributed by atoms with Gasteiger partial charge in [0.2, 0.25) is 0 Å². The first-order valence-corrected chi connectivity index (χ1v) is 9.97. The van der Waals surface area contributed by atoms with Crippen molar-refractivity contribution in [2.45, 2.75) is 51.5 Å². The van der Waals surface area contributed by atoms with Crippen LogP contribution >= 0.6 is 0 Å². The third kappa shape index (κ3) is 3.74. The molecule has 1 aliphatic heterocycles. The van der Waals surface area contributed by atoms with E-state index in [9.17, 15) is 14.7 Å². The van der Waals surface area contributed by atoms with Gasteiger partial charge in [-0.2, -0.15) is 0 Å². The maximum atomic E-state index is 13.2. The molecule has 28 heavy (non-hydrogen) atoms. The van der Waals surface area contributed by atoms with Gasteiger partial charge in [0.05, 0.1) is 17.7 Å². The average molecular weight is 382 g/mol. The molecule has 1 amide bonds. The molecule has 148 valence electrons. The van der Waals surface area contributed by atoms with Gasteiger partial charge < -0.3 is 15.2 Å². The van der Waals surface area contributed by atoms with Gasteiger partial charge in [-0.3, -0.25) is 9.78 Å². The third-order valence-electron chi connectivity index (χ3n) is 5.73. The lowest BCUT2D eigenvalue weighted by molar-refractivity contribution is -0.142.